The lowest BCUT2D eigenvalue weighted by Gasteiger charge is -2.19. The second-order valence-electron chi connectivity index (χ2n) is 9.06. The van der Waals surface area contributed by atoms with Gasteiger partial charge in [-0.3, -0.25) is 14.9 Å². The third kappa shape index (κ3) is 4.77. The molecule has 0 unspecified atom stereocenters. The van der Waals surface area contributed by atoms with Crippen LogP contribution in [0.2, 0.25) is 0 Å². The molecule has 0 bridgehead atoms. The average molecular weight is 431 g/mol. The van der Waals surface area contributed by atoms with Crippen LogP contribution in [-0.4, -0.2) is 17.0 Å². The van der Waals surface area contributed by atoms with Crippen molar-refractivity contribution in [2.45, 2.75) is 38.5 Å². The van der Waals surface area contributed by atoms with Crippen LogP contribution < -0.4 is 5.43 Å². The lowest BCUT2D eigenvalue weighted by Crippen LogP contribution is -2.20. The summed E-state index contributed by atoms with van der Waals surface area (Å²) in [6, 6.07) is 18.1. The van der Waals surface area contributed by atoms with Gasteiger partial charge in [0.1, 0.15) is 11.5 Å². The topological polar surface area (TPSA) is 97.7 Å². The molecule has 7 heteroatoms. The predicted molar refractivity (Wildman–Crippen MR) is 123 cm³/mol. The molecule has 164 valence electrons. The maximum absolute atomic E-state index is 12.4. The molecule has 0 saturated heterocycles. The third-order valence-electron chi connectivity index (χ3n) is 5.67. The standard InChI is InChI=1S/C25H25N3O4/c1-25(2,3)18-9-7-16(8-10-18)21-14-22(21)24(29)27-26-15-20-11-12-23(32-20)17-5-4-6-19(13-17)28(30)31/h4-13,15,21-22H,14H2,1-3H3,(H,27,29)/b26-15+/t21-,22+/m0/s1. The zero-order valence-electron chi connectivity index (χ0n) is 18.2. The lowest BCUT2D eigenvalue weighted by atomic mass is 9.86. The van der Waals surface area contributed by atoms with Crippen molar-refractivity contribution in [3.63, 3.8) is 0 Å². The van der Waals surface area contributed by atoms with Crippen LogP contribution in [-0.2, 0) is 10.2 Å². The number of carbonyl (C=O) groups excluding carboxylic acids is 1. The zero-order valence-corrected chi connectivity index (χ0v) is 18.2. The molecule has 1 amide bonds. The number of non-ortho nitro benzene ring substituents is 1. The van der Waals surface area contributed by atoms with Crippen LogP contribution in [0.15, 0.2) is 70.2 Å². The normalized spacial score (nSPS) is 18.0. The fraction of sp³-hybridized carbons (Fsp3) is 0.280. The fourth-order valence-corrected chi connectivity index (χ4v) is 3.68. The minimum Gasteiger partial charge on any atom is -0.455 e. The second kappa shape index (κ2) is 8.42. The van der Waals surface area contributed by atoms with Crippen molar-refractivity contribution in [1.82, 2.24) is 5.43 Å². The van der Waals surface area contributed by atoms with Gasteiger partial charge < -0.3 is 4.42 Å². The molecule has 0 aliphatic heterocycles. The van der Waals surface area contributed by atoms with Crippen molar-refractivity contribution in [2.75, 3.05) is 0 Å². The number of nitro benzene ring substituents is 1. The summed E-state index contributed by atoms with van der Waals surface area (Å²) in [5.74, 6) is 0.962. The van der Waals surface area contributed by atoms with Crippen LogP contribution in [0.25, 0.3) is 11.3 Å². The van der Waals surface area contributed by atoms with Gasteiger partial charge in [-0.15, -0.1) is 0 Å². The Hall–Kier alpha value is -3.74. The first-order valence-corrected chi connectivity index (χ1v) is 10.5. The Morgan fingerprint density at radius 1 is 1.16 bits per heavy atom. The average Bonchev–Trinajstić information content (AvgIpc) is 3.44. The van der Waals surface area contributed by atoms with Crippen LogP contribution in [0.1, 0.15) is 50.0 Å². The summed E-state index contributed by atoms with van der Waals surface area (Å²) in [6.07, 6.45) is 2.24. The predicted octanol–water partition coefficient (Wildman–Crippen LogP) is 5.41. The largest absolute Gasteiger partial charge is 0.455 e. The number of hydrogen-bond donors (Lipinski definition) is 1. The first kappa shape index (κ1) is 21.5. The highest BCUT2D eigenvalue weighted by molar-refractivity contribution is 5.85. The molecule has 7 nitrogen and oxygen atoms in total. The summed E-state index contributed by atoms with van der Waals surface area (Å²) < 4.78 is 5.67. The van der Waals surface area contributed by atoms with E-state index < -0.39 is 4.92 Å². The smallest absolute Gasteiger partial charge is 0.270 e. The van der Waals surface area contributed by atoms with Gasteiger partial charge in [-0.05, 0) is 41.0 Å². The molecule has 1 aromatic heterocycles. The van der Waals surface area contributed by atoms with Gasteiger partial charge in [0.25, 0.3) is 5.69 Å². The van der Waals surface area contributed by atoms with Crippen molar-refractivity contribution in [2.24, 2.45) is 11.0 Å². The summed E-state index contributed by atoms with van der Waals surface area (Å²) in [5, 5.41) is 14.9. The number of nitrogens with one attached hydrogen (secondary N) is 1. The van der Waals surface area contributed by atoms with Gasteiger partial charge >= 0.3 is 0 Å². The fourth-order valence-electron chi connectivity index (χ4n) is 3.68. The van der Waals surface area contributed by atoms with Gasteiger partial charge in [0.2, 0.25) is 5.91 Å². The Morgan fingerprint density at radius 2 is 1.91 bits per heavy atom. The molecule has 3 aromatic rings. The van der Waals surface area contributed by atoms with Crippen LogP contribution in [0.3, 0.4) is 0 Å². The van der Waals surface area contributed by atoms with E-state index >= 15 is 0 Å². The molecule has 2 atom stereocenters. The third-order valence-corrected chi connectivity index (χ3v) is 5.67. The number of carbonyl (C=O) groups is 1. The van der Waals surface area contributed by atoms with Gasteiger partial charge in [-0.2, -0.15) is 5.10 Å². The summed E-state index contributed by atoms with van der Waals surface area (Å²) in [4.78, 5) is 22.9. The summed E-state index contributed by atoms with van der Waals surface area (Å²) in [7, 11) is 0. The van der Waals surface area contributed by atoms with Gasteiger partial charge in [-0.1, -0.05) is 57.2 Å². The van der Waals surface area contributed by atoms with Crippen LogP contribution >= 0.6 is 0 Å². The van der Waals surface area contributed by atoms with Crippen LogP contribution in [0.5, 0.6) is 0 Å². The van der Waals surface area contributed by atoms with E-state index in [1.54, 1.807) is 24.3 Å². The zero-order chi connectivity index (χ0) is 22.9. The van der Waals surface area contributed by atoms with Gasteiger partial charge in [-0.25, -0.2) is 5.43 Å². The van der Waals surface area contributed by atoms with Crippen molar-refractivity contribution >= 4 is 17.8 Å². The molecular weight excluding hydrogens is 406 g/mol. The Morgan fingerprint density at radius 3 is 2.59 bits per heavy atom. The highest BCUT2D eigenvalue weighted by atomic mass is 16.6. The summed E-state index contributed by atoms with van der Waals surface area (Å²) in [6.45, 7) is 6.54. The number of hydrazone groups is 1. The summed E-state index contributed by atoms with van der Waals surface area (Å²) >= 11 is 0. The van der Waals surface area contributed by atoms with E-state index in [4.69, 9.17) is 4.42 Å². The number of furan rings is 1. The molecule has 2 aromatic carbocycles. The monoisotopic (exact) mass is 431 g/mol. The van der Waals surface area contributed by atoms with E-state index in [-0.39, 0.29) is 28.8 Å². The Balaban J connectivity index is 1.33. The first-order valence-electron chi connectivity index (χ1n) is 10.5. The molecule has 32 heavy (non-hydrogen) atoms. The van der Waals surface area contributed by atoms with E-state index in [1.165, 1.54) is 29.5 Å². The van der Waals surface area contributed by atoms with Crippen LogP contribution in [0.4, 0.5) is 5.69 Å². The first-order chi connectivity index (χ1) is 15.2. The number of amides is 1. The van der Waals surface area contributed by atoms with E-state index in [9.17, 15) is 14.9 Å². The maximum atomic E-state index is 12.4. The summed E-state index contributed by atoms with van der Waals surface area (Å²) in [5.41, 5.74) is 5.73. The molecule has 0 radical (unpaired) electrons. The molecule has 4 rings (SSSR count). The second-order valence-corrected chi connectivity index (χ2v) is 9.06. The minimum atomic E-state index is -0.450. The molecule has 1 N–H and O–H groups in total. The van der Waals surface area contributed by atoms with E-state index in [0.717, 1.165) is 6.42 Å². The highest BCUT2D eigenvalue weighted by Crippen LogP contribution is 2.47. The van der Waals surface area contributed by atoms with Gasteiger partial charge in [0.15, 0.2) is 0 Å². The van der Waals surface area contributed by atoms with E-state index in [1.807, 2.05) is 0 Å². The Kier molecular flexibility index (Phi) is 5.65. The quantitative estimate of drug-likeness (QED) is 0.321. The van der Waals surface area contributed by atoms with E-state index in [2.05, 4.69) is 55.6 Å². The molecule has 1 aliphatic carbocycles. The number of nitrogens with zero attached hydrogens (tertiary/aromatic N) is 2. The Labute approximate surface area is 186 Å². The lowest BCUT2D eigenvalue weighted by molar-refractivity contribution is -0.384. The molecule has 1 aliphatic rings. The van der Waals surface area contributed by atoms with Crippen molar-refractivity contribution < 1.29 is 14.1 Å². The number of hydrogen-bond acceptors (Lipinski definition) is 5. The van der Waals surface area contributed by atoms with Crippen molar-refractivity contribution in [3.8, 4) is 11.3 Å². The minimum absolute atomic E-state index is 0.00610. The van der Waals surface area contributed by atoms with Gasteiger partial charge in [0.05, 0.1) is 11.1 Å². The molecule has 1 saturated carbocycles. The molecule has 0 spiro atoms. The molecular formula is C25H25N3O4. The van der Waals surface area contributed by atoms with Crippen molar-refractivity contribution in [1.29, 1.82) is 0 Å². The molecule has 1 heterocycles. The molecule has 1 fully saturated rings. The Bertz CT molecular complexity index is 1170. The van der Waals surface area contributed by atoms with Crippen LogP contribution in [0, 0.1) is 16.0 Å². The number of nitro groups is 1. The SMILES string of the molecule is CC(C)(C)c1ccc([C@@H]2C[C@H]2C(=O)N/N=C/c2ccc(-c3cccc([N+](=O)[O-])c3)o2)cc1. The van der Waals surface area contributed by atoms with Crippen molar-refractivity contribution in [3.05, 3.63) is 87.7 Å². The maximum Gasteiger partial charge on any atom is 0.270 e. The van der Waals surface area contributed by atoms with Gasteiger partial charge in [0, 0.05) is 23.6 Å². The van der Waals surface area contributed by atoms with E-state index in [0.29, 0.717) is 17.1 Å². The number of benzene rings is 2. The number of rotatable bonds is 6. The highest BCUT2D eigenvalue weighted by Gasteiger charge is 2.44.